The molecular weight excluding hydrogens is 342 g/mol. The van der Waals surface area contributed by atoms with Crippen LogP contribution >= 0.6 is 0 Å². The molecule has 3 rings (SSSR count). The van der Waals surface area contributed by atoms with E-state index in [2.05, 4.69) is 21.5 Å². The number of carbonyl (C=O) groups excluding carboxylic acids is 1. The van der Waals surface area contributed by atoms with Crippen LogP contribution in [0.25, 0.3) is 0 Å². The molecule has 2 heterocycles. The summed E-state index contributed by atoms with van der Waals surface area (Å²) in [6, 6.07) is 12.4. The van der Waals surface area contributed by atoms with Gasteiger partial charge in [-0.2, -0.15) is 10.4 Å². The number of allylic oxidation sites excluding steroid dienone is 1. The first-order valence-electron chi connectivity index (χ1n) is 8.49. The fourth-order valence-electron chi connectivity index (χ4n) is 2.58. The van der Waals surface area contributed by atoms with Crippen molar-refractivity contribution in [3.63, 3.8) is 0 Å². The van der Waals surface area contributed by atoms with E-state index in [9.17, 15) is 9.90 Å². The van der Waals surface area contributed by atoms with Gasteiger partial charge in [0.1, 0.15) is 0 Å². The molecule has 1 atom stereocenters. The zero-order chi connectivity index (χ0) is 19.2. The molecule has 1 amide bonds. The van der Waals surface area contributed by atoms with Gasteiger partial charge in [-0.25, -0.2) is 0 Å². The van der Waals surface area contributed by atoms with Crippen molar-refractivity contribution >= 4 is 17.3 Å². The fraction of sp³-hybridized carbons (Fsp3) is 0.200. The van der Waals surface area contributed by atoms with E-state index < -0.39 is 0 Å². The molecule has 1 aliphatic rings. The highest BCUT2D eigenvalue weighted by Gasteiger charge is 2.22. The second kappa shape index (κ2) is 8.25. The van der Waals surface area contributed by atoms with Gasteiger partial charge < -0.3 is 10.4 Å². The summed E-state index contributed by atoms with van der Waals surface area (Å²) in [5, 5.41) is 27.3. The Bertz CT molecular complexity index is 914. The van der Waals surface area contributed by atoms with Crippen LogP contribution in [-0.2, 0) is 4.79 Å². The molecule has 0 fully saturated rings. The maximum absolute atomic E-state index is 12.6. The summed E-state index contributed by atoms with van der Waals surface area (Å²) in [6.07, 6.45) is 5.08. The summed E-state index contributed by atoms with van der Waals surface area (Å²) in [5.41, 5.74) is 3.24. The predicted molar refractivity (Wildman–Crippen MR) is 102 cm³/mol. The van der Waals surface area contributed by atoms with Crippen LogP contribution in [0.3, 0.4) is 0 Å². The van der Waals surface area contributed by atoms with E-state index in [0.29, 0.717) is 16.8 Å². The van der Waals surface area contributed by atoms with E-state index >= 15 is 0 Å². The number of hydrogen-bond donors (Lipinski definition) is 2. The minimum Gasteiger partial charge on any atom is -0.394 e. The Morgan fingerprint density at radius 2 is 2.15 bits per heavy atom. The van der Waals surface area contributed by atoms with Crippen molar-refractivity contribution < 1.29 is 9.90 Å². The van der Waals surface area contributed by atoms with Crippen LogP contribution in [0.5, 0.6) is 0 Å². The zero-order valence-corrected chi connectivity index (χ0v) is 14.8. The molecule has 1 aromatic heterocycles. The molecule has 27 heavy (non-hydrogen) atoms. The number of aliphatic hydroxyl groups excluding tert-OH is 1. The summed E-state index contributed by atoms with van der Waals surface area (Å²) < 4.78 is 0. The van der Waals surface area contributed by atoms with Gasteiger partial charge in [0, 0.05) is 23.4 Å². The molecular formula is C20H19N5O2. The third-order valence-corrected chi connectivity index (χ3v) is 4.06. The highest BCUT2D eigenvalue weighted by molar-refractivity contribution is 6.14. The first-order valence-corrected chi connectivity index (χ1v) is 8.49. The van der Waals surface area contributed by atoms with E-state index in [1.54, 1.807) is 60.7 Å². The van der Waals surface area contributed by atoms with Gasteiger partial charge in [0.2, 0.25) is 5.91 Å². The Morgan fingerprint density at radius 3 is 2.78 bits per heavy atom. The monoisotopic (exact) mass is 361 g/mol. The molecule has 7 nitrogen and oxygen atoms in total. The highest BCUT2D eigenvalue weighted by atomic mass is 16.3. The van der Waals surface area contributed by atoms with Crippen LogP contribution < -0.4 is 10.3 Å². The third-order valence-electron chi connectivity index (χ3n) is 4.06. The average Bonchev–Trinajstić information content (AvgIpc) is 2.74. The van der Waals surface area contributed by atoms with Crippen molar-refractivity contribution in [3.8, 4) is 6.07 Å². The van der Waals surface area contributed by atoms with Crippen LogP contribution in [0, 0.1) is 11.3 Å². The first kappa shape index (κ1) is 18.3. The van der Waals surface area contributed by atoms with Crippen LogP contribution in [0.2, 0.25) is 0 Å². The van der Waals surface area contributed by atoms with E-state index in [-0.39, 0.29) is 25.1 Å². The van der Waals surface area contributed by atoms with Gasteiger partial charge in [-0.05, 0) is 37.3 Å². The van der Waals surface area contributed by atoms with Crippen molar-refractivity contribution in [3.05, 3.63) is 71.6 Å². The van der Waals surface area contributed by atoms with E-state index in [1.807, 2.05) is 6.07 Å². The summed E-state index contributed by atoms with van der Waals surface area (Å²) in [5.74, 6) is -0.258. The molecule has 0 saturated heterocycles. The molecule has 0 aliphatic carbocycles. The van der Waals surface area contributed by atoms with Gasteiger partial charge in [-0.1, -0.05) is 12.1 Å². The Balaban J connectivity index is 1.96. The van der Waals surface area contributed by atoms with Gasteiger partial charge in [-0.15, -0.1) is 0 Å². The molecule has 1 aromatic carbocycles. The zero-order valence-electron chi connectivity index (χ0n) is 14.8. The molecule has 2 aromatic rings. The number of benzene rings is 1. The molecule has 1 aliphatic heterocycles. The number of rotatable bonds is 5. The Kier molecular flexibility index (Phi) is 5.59. The SMILES string of the molecule is C[C@@H](CO)NC(=O)C1=CC(c2ccc(C#N)cc2)=NN(c2cccnc2)C1. The Hall–Kier alpha value is -3.50. The number of carbonyl (C=O) groups is 1. The molecule has 0 radical (unpaired) electrons. The van der Waals surface area contributed by atoms with E-state index in [0.717, 1.165) is 11.3 Å². The number of hydrazone groups is 1. The van der Waals surface area contributed by atoms with Crippen molar-refractivity contribution in [2.24, 2.45) is 5.10 Å². The number of amides is 1. The highest BCUT2D eigenvalue weighted by Crippen LogP contribution is 2.21. The normalized spacial score (nSPS) is 14.6. The van der Waals surface area contributed by atoms with Crippen LogP contribution in [-0.4, -0.2) is 40.9 Å². The molecule has 7 heteroatoms. The van der Waals surface area contributed by atoms with E-state index in [4.69, 9.17) is 5.26 Å². The third kappa shape index (κ3) is 4.37. The number of pyridine rings is 1. The number of hydrogen-bond acceptors (Lipinski definition) is 6. The van der Waals surface area contributed by atoms with Crippen LogP contribution in [0.15, 0.2) is 65.5 Å². The second-order valence-electron chi connectivity index (χ2n) is 6.17. The minimum atomic E-state index is -0.345. The molecule has 0 bridgehead atoms. The number of nitrogens with zero attached hydrogens (tertiary/aromatic N) is 4. The quantitative estimate of drug-likeness (QED) is 0.842. The number of nitrogens with one attached hydrogen (secondary N) is 1. The number of aromatic nitrogens is 1. The largest absolute Gasteiger partial charge is 0.394 e. The lowest BCUT2D eigenvalue weighted by molar-refractivity contribution is -0.118. The summed E-state index contributed by atoms with van der Waals surface area (Å²) in [6.45, 7) is 1.88. The topological polar surface area (TPSA) is 102 Å². The maximum atomic E-state index is 12.6. The molecule has 0 spiro atoms. The van der Waals surface area contributed by atoms with E-state index in [1.165, 1.54) is 0 Å². The Labute approximate surface area is 157 Å². The van der Waals surface area contributed by atoms with Crippen molar-refractivity contribution in [2.45, 2.75) is 13.0 Å². The van der Waals surface area contributed by atoms with Crippen LogP contribution in [0.4, 0.5) is 5.69 Å². The lowest BCUT2D eigenvalue weighted by atomic mass is 10.0. The lowest BCUT2D eigenvalue weighted by Crippen LogP contribution is -2.40. The molecule has 0 saturated carbocycles. The number of aliphatic hydroxyl groups is 1. The number of anilines is 1. The molecule has 136 valence electrons. The van der Waals surface area contributed by atoms with Crippen molar-refractivity contribution in [1.29, 1.82) is 5.26 Å². The molecule has 2 N–H and O–H groups in total. The minimum absolute atomic E-state index is 0.137. The predicted octanol–water partition coefficient (Wildman–Crippen LogP) is 1.60. The van der Waals surface area contributed by atoms with Crippen LogP contribution in [0.1, 0.15) is 18.1 Å². The van der Waals surface area contributed by atoms with Gasteiger partial charge in [0.25, 0.3) is 0 Å². The number of nitriles is 1. The van der Waals surface area contributed by atoms with Gasteiger partial charge in [0.15, 0.2) is 0 Å². The smallest absolute Gasteiger partial charge is 0.249 e. The first-order chi connectivity index (χ1) is 13.1. The molecule has 0 unspecified atom stereocenters. The standard InChI is InChI=1S/C20H19N5O2/c1-14(13-26)23-20(27)17-9-19(16-6-4-15(10-21)5-7-16)24-25(12-17)18-3-2-8-22-11-18/h2-9,11,14,26H,12-13H2,1H3,(H,23,27)/t14-/m0/s1. The average molecular weight is 361 g/mol. The van der Waals surface area contributed by atoms with Crippen molar-refractivity contribution in [1.82, 2.24) is 10.3 Å². The summed E-state index contributed by atoms with van der Waals surface area (Å²) in [7, 11) is 0. The fourth-order valence-corrected chi connectivity index (χ4v) is 2.58. The maximum Gasteiger partial charge on any atom is 0.249 e. The van der Waals surface area contributed by atoms with Gasteiger partial charge in [-0.3, -0.25) is 14.8 Å². The summed E-state index contributed by atoms with van der Waals surface area (Å²) in [4.78, 5) is 16.7. The second-order valence-corrected chi connectivity index (χ2v) is 6.17. The lowest BCUT2D eigenvalue weighted by Gasteiger charge is -2.26. The van der Waals surface area contributed by atoms with Crippen molar-refractivity contribution in [2.75, 3.05) is 18.2 Å². The van der Waals surface area contributed by atoms with Gasteiger partial charge in [0.05, 0.1) is 42.4 Å². The summed E-state index contributed by atoms with van der Waals surface area (Å²) >= 11 is 0. The van der Waals surface area contributed by atoms with Gasteiger partial charge >= 0.3 is 0 Å². The Morgan fingerprint density at radius 1 is 1.37 bits per heavy atom.